The van der Waals surface area contributed by atoms with Crippen molar-refractivity contribution < 1.29 is 61.6 Å². The molecule has 6 unspecified atom stereocenters. The van der Waals surface area contributed by atoms with Gasteiger partial charge in [0.15, 0.2) is 26.5 Å². The minimum absolute atomic E-state index is 0.0305. The lowest BCUT2D eigenvalue weighted by Crippen LogP contribution is -2.65. The molecule has 0 aliphatic carbocycles. The summed E-state index contributed by atoms with van der Waals surface area (Å²) < 4.78 is 50.4. The van der Waals surface area contributed by atoms with E-state index >= 15 is 0 Å². The zero-order valence-electron chi connectivity index (χ0n) is 38.8. The predicted molar refractivity (Wildman–Crippen MR) is 230 cm³/mol. The number of hydrogen-bond donors (Lipinski definition) is 0. The van der Waals surface area contributed by atoms with Crippen LogP contribution in [-0.2, 0) is 61.6 Å². The van der Waals surface area contributed by atoms with Crippen LogP contribution in [0.15, 0.2) is 36.5 Å². The van der Waals surface area contributed by atoms with E-state index in [9.17, 15) is 24.0 Å². The van der Waals surface area contributed by atoms with Crippen molar-refractivity contribution >= 4 is 38.0 Å². The van der Waals surface area contributed by atoms with Gasteiger partial charge in [0.25, 0.3) is 0 Å². The van der Waals surface area contributed by atoms with Gasteiger partial charge in [-0.05, 0) is 77.8 Å². The van der Waals surface area contributed by atoms with Crippen LogP contribution in [0.3, 0.4) is 0 Å². The Labute approximate surface area is 360 Å². The predicted octanol–water partition coefficient (Wildman–Crippen LogP) is 6.90. The van der Waals surface area contributed by atoms with Gasteiger partial charge in [0.05, 0.1) is 37.4 Å². The maximum absolute atomic E-state index is 14.3. The molecule has 342 valence electrons. The highest BCUT2D eigenvalue weighted by molar-refractivity contribution is 6.73. The average Bonchev–Trinajstić information content (AvgIpc) is 3.17. The van der Waals surface area contributed by atoms with Gasteiger partial charge in [-0.1, -0.05) is 65.3 Å². The third kappa shape index (κ3) is 15.0. The Morgan fingerprint density at radius 3 is 2.05 bits per heavy atom. The second-order valence-electron chi connectivity index (χ2n) is 16.9. The van der Waals surface area contributed by atoms with Crippen LogP contribution in [0.4, 0.5) is 0 Å². The van der Waals surface area contributed by atoms with Gasteiger partial charge in [0.1, 0.15) is 24.4 Å². The van der Waals surface area contributed by atoms with Gasteiger partial charge in [-0.15, -0.1) is 6.58 Å². The number of nitrogens with zero attached hydrogens (tertiary/aromatic N) is 1. The van der Waals surface area contributed by atoms with Crippen LogP contribution in [-0.4, -0.2) is 125 Å². The van der Waals surface area contributed by atoms with E-state index < -0.39 is 105 Å². The van der Waals surface area contributed by atoms with E-state index in [-0.39, 0.29) is 31.8 Å². The first-order valence-corrected chi connectivity index (χ1v) is 24.1. The highest BCUT2D eigenvalue weighted by atomic mass is 28.4. The van der Waals surface area contributed by atoms with Crippen molar-refractivity contribution in [2.75, 3.05) is 27.3 Å². The number of hydrogen-bond acceptors (Lipinski definition) is 14. The number of ether oxygens (including phenoxy) is 7. The van der Waals surface area contributed by atoms with Crippen molar-refractivity contribution in [3.63, 3.8) is 0 Å². The van der Waals surface area contributed by atoms with Crippen LogP contribution in [0.2, 0.25) is 18.1 Å². The maximum Gasteiger partial charge on any atom is 0.308 e. The Morgan fingerprint density at radius 1 is 0.933 bits per heavy atom. The van der Waals surface area contributed by atoms with Gasteiger partial charge in [0, 0.05) is 32.6 Å². The monoisotopic (exact) mass is 866 g/mol. The molecule has 0 spiro atoms. The molecule has 2 heterocycles. The summed E-state index contributed by atoms with van der Waals surface area (Å²) in [6.45, 7) is 25.3. The number of ketones is 1. The Kier molecular flexibility index (Phi) is 21.6. The molecule has 2 rings (SSSR count). The molecule has 0 aromatic rings. The summed E-state index contributed by atoms with van der Waals surface area (Å²) >= 11 is 0. The summed E-state index contributed by atoms with van der Waals surface area (Å²) in [4.78, 5) is 67.3. The van der Waals surface area contributed by atoms with Crippen molar-refractivity contribution in [3.05, 3.63) is 36.5 Å². The van der Waals surface area contributed by atoms with E-state index in [0.29, 0.717) is 12.0 Å². The minimum atomic E-state index is -2.42. The van der Waals surface area contributed by atoms with E-state index in [1.807, 2.05) is 38.7 Å². The number of likely N-dealkylation sites (N-methyl/N-ethyl adjacent to an activating group) is 1. The summed E-state index contributed by atoms with van der Waals surface area (Å²) in [6.07, 6.45) is 1.17. The van der Waals surface area contributed by atoms with Crippen LogP contribution in [0, 0.1) is 17.8 Å². The quantitative estimate of drug-likeness (QED) is 0.0682. The highest BCUT2D eigenvalue weighted by Gasteiger charge is 2.52. The standard InChI is InChI=1S/C45H75NO13Si/c1-16-23-53-45(13)26-29(7)41(58-44-43(56-34(12)49)40(46(14)15)42(31(9)54-44)55-33(11)48)30(8)37(59-60(18-3,19-4)20-5)25-39(51)57-36(17-2)35(27-52-32(10)47)24-28(6)21-22-38(45)50/h16,21-22,24,29-31,35-37,40-44H,1,17-20,23,25-27H2,2-15H3/t29-,30-,31?,35?,36+,37+,40?,41-,42?,43?,44?,45-/m0/s1. The molecule has 1 fully saturated rings. The molecule has 2 aliphatic heterocycles. The van der Waals surface area contributed by atoms with Gasteiger partial charge >= 0.3 is 23.9 Å². The summed E-state index contributed by atoms with van der Waals surface area (Å²) in [7, 11) is 1.17. The third-order valence-electron chi connectivity index (χ3n) is 12.0. The molecular formula is C45H75NO13Si. The van der Waals surface area contributed by atoms with Crippen LogP contribution in [0.1, 0.15) is 102 Å². The fourth-order valence-electron chi connectivity index (χ4n) is 8.47. The van der Waals surface area contributed by atoms with Crippen molar-refractivity contribution in [2.45, 2.75) is 175 Å². The first kappa shape index (κ1) is 52.9. The Balaban J connectivity index is 2.94. The maximum atomic E-state index is 14.3. The summed E-state index contributed by atoms with van der Waals surface area (Å²) in [5.41, 5.74) is -0.664. The molecule has 14 nitrogen and oxygen atoms in total. The summed E-state index contributed by atoms with van der Waals surface area (Å²) in [6, 6.07) is 1.75. The van der Waals surface area contributed by atoms with Gasteiger partial charge in [-0.25, -0.2) is 0 Å². The fraction of sp³-hybridized carbons (Fsp3) is 0.756. The normalized spacial score (nSPS) is 32.5. The first-order valence-electron chi connectivity index (χ1n) is 21.6. The lowest BCUT2D eigenvalue weighted by molar-refractivity contribution is -0.307. The molecule has 15 heteroatoms. The third-order valence-corrected chi connectivity index (χ3v) is 16.6. The molecule has 0 N–H and O–H groups in total. The lowest BCUT2D eigenvalue weighted by atomic mass is 9.80. The summed E-state index contributed by atoms with van der Waals surface area (Å²) in [5.74, 6) is -3.85. The minimum Gasteiger partial charge on any atom is -0.465 e. The second kappa shape index (κ2) is 24.4. The average molecular weight is 866 g/mol. The van der Waals surface area contributed by atoms with Crippen LogP contribution < -0.4 is 0 Å². The van der Waals surface area contributed by atoms with Crippen LogP contribution >= 0.6 is 0 Å². The molecule has 0 amide bonds. The number of esters is 4. The zero-order chi connectivity index (χ0) is 45.5. The van der Waals surface area contributed by atoms with Crippen LogP contribution in [0.5, 0.6) is 0 Å². The Bertz CT molecular complexity index is 1500. The second-order valence-corrected chi connectivity index (χ2v) is 21.6. The molecule has 0 saturated carbocycles. The van der Waals surface area contributed by atoms with Gasteiger partial charge in [-0.2, -0.15) is 0 Å². The van der Waals surface area contributed by atoms with Crippen molar-refractivity contribution in [3.8, 4) is 0 Å². The molecular weight excluding hydrogens is 791 g/mol. The summed E-state index contributed by atoms with van der Waals surface area (Å²) in [5, 5.41) is 0. The smallest absolute Gasteiger partial charge is 0.308 e. The van der Waals surface area contributed by atoms with Gasteiger partial charge in [0.2, 0.25) is 0 Å². The topological polar surface area (TPSA) is 162 Å². The molecule has 0 bridgehead atoms. The number of carbonyl (C=O) groups excluding carboxylic acids is 5. The Hall–Kier alpha value is -3.21. The number of cyclic esters (lactones) is 1. The molecule has 60 heavy (non-hydrogen) atoms. The fourth-order valence-corrected chi connectivity index (χ4v) is 11.4. The molecule has 0 aromatic heterocycles. The van der Waals surface area contributed by atoms with E-state index in [0.717, 1.165) is 18.1 Å². The SMILES string of the molecule is C=CCO[C@@]1(C)C[C@H](C)[C@H](OC2OC(C)C(OC(C)=O)C(N(C)C)C2OC(C)=O)[C@@H](C)[C@H](O[Si](CC)(CC)CC)CC(=O)O[C@H](CC)C(COC(C)=O)C=C(C)C=CC1=O. The van der Waals surface area contributed by atoms with Crippen molar-refractivity contribution in [1.29, 1.82) is 0 Å². The van der Waals surface area contributed by atoms with Crippen molar-refractivity contribution in [2.24, 2.45) is 17.8 Å². The first-order chi connectivity index (χ1) is 28.1. The lowest BCUT2D eigenvalue weighted by Gasteiger charge is -2.49. The van der Waals surface area contributed by atoms with E-state index in [1.54, 1.807) is 40.1 Å². The Morgan fingerprint density at radius 2 is 1.53 bits per heavy atom. The molecule has 2 aliphatic rings. The van der Waals surface area contributed by atoms with Gasteiger partial charge in [-0.3, -0.25) is 28.9 Å². The van der Waals surface area contributed by atoms with Crippen molar-refractivity contribution in [1.82, 2.24) is 4.90 Å². The molecule has 12 atom stereocenters. The molecule has 0 aromatic carbocycles. The van der Waals surface area contributed by atoms with E-state index in [4.69, 9.17) is 37.6 Å². The van der Waals surface area contributed by atoms with Crippen LogP contribution in [0.25, 0.3) is 0 Å². The molecule has 1 saturated heterocycles. The number of allylic oxidation sites excluding steroid dienone is 2. The number of rotatable bonds is 16. The molecule has 0 radical (unpaired) electrons. The zero-order valence-corrected chi connectivity index (χ0v) is 39.8. The largest absolute Gasteiger partial charge is 0.465 e. The highest BCUT2D eigenvalue weighted by Crippen LogP contribution is 2.38. The van der Waals surface area contributed by atoms with Gasteiger partial charge < -0.3 is 37.6 Å². The van der Waals surface area contributed by atoms with E-state index in [1.165, 1.54) is 26.8 Å². The van der Waals surface area contributed by atoms with E-state index in [2.05, 4.69) is 27.4 Å². The number of carbonyl (C=O) groups is 5.